The number of para-hydroxylation sites is 2. The Labute approximate surface area is 133 Å². The van der Waals surface area contributed by atoms with Crippen LogP contribution in [0, 0.1) is 6.92 Å². The van der Waals surface area contributed by atoms with E-state index in [1.807, 2.05) is 43.3 Å². The molecule has 0 fully saturated rings. The largest absolute Gasteiger partial charge is 0.485 e. The zero-order valence-corrected chi connectivity index (χ0v) is 12.7. The Hall–Kier alpha value is -3.08. The van der Waals surface area contributed by atoms with E-state index < -0.39 is 0 Å². The number of nitrogens with one attached hydrogen (secondary N) is 1. The molecule has 1 aromatic heterocycles. The van der Waals surface area contributed by atoms with Crippen molar-refractivity contribution in [1.29, 1.82) is 0 Å². The van der Waals surface area contributed by atoms with Crippen LogP contribution in [0.15, 0.2) is 65.2 Å². The van der Waals surface area contributed by atoms with E-state index in [2.05, 4.69) is 10.5 Å². The Bertz CT molecular complexity index is 797. The molecule has 0 saturated heterocycles. The molecule has 0 atom stereocenters. The molecule has 0 aliphatic heterocycles. The van der Waals surface area contributed by atoms with Crippen LogP contribution in [-0.4, -0.2) is 11.1 Å². The predicted octanol–water partition coefficient (Wildman–Crippen LogP) is 3.81. The first-order valence-electron chi connectivity index (χ1n) is 7.23. The van der Waals surface area contributed by atoms with Crippen molar-refractivity contribution >= 4 is 11.6 Å². The van der Waals surface area contributed by atoms with Gasteiger partial charge in [0, 0.05) is 11.8 Å². The van der Waals surface area contributed by atoms with Crippen molar-refractivity contribution in [2.75, 3.05) is 5.32 Å². The summed E-state index contributed by atoms with van der Waals surface area (Å²) in [5, 5.41) is 6.65. The van der Waals surface area contributed by atoms with Crippen LogP contribution in [0.4, 0.5) is 5.69 Å². The summed E-state index contributed by atoms with van der Waals surface area (Å²) in [5.41, 5.74) is 1.99. The quantitative estimate of drug-likeness (QED) is 0.778. The molecule has 23 heavy (non-hydrogen) atoms. The summed E-state index contributed by atoms with van der Waals surface area (Å²) in [5.74, 6) is 0.885. The lowest BCUT2D eigenvalue weighted by molar-refractivity contribution is 0.102. The summed E-state index contributed by atoms with van der Waals surface area (Å²) in [6.07, 6.45) is 0. The van der Waals surface area contributed by atoms with Gasteiger partial charge >= 0.3 is 0 Å². The van der Waals surface area contributed by atoms with E-state index in [1.54, 1.807) is 24.3 Å². The van der Waals surface area contributed by atoms with Gasteiger partial charge in [0.25, 0.3) is 5.91 Å². The molecule has 0 unspecified atom stereocenters. The molecule has 116 valence electrons. The SMILES string of the molecule is Cc1cc(COc2ccccc2C(=O)Nc2ccccc2)on1. The van der Waals surface area contributed by atoms with E-state index in [4.69, 9.17) is 9.26 Å². The third kappa shape index (κ3) is 3.77. The molecular formula is C18H16N2O3. The smallest absolute Gasteiger partial charge is 0.259 e. The third-order valence-corrected chi connectivity index (χ3v) is 3.21. The molecule has 0 radical (unpaired) electrons. The highest BCUT2D eigenvalue weighted by molar-refractivity contribution is 6.06. The van der Waals surface area contributed by atoms with Gasteiger partial charge in [-0.2, -0.15) is 0 Å². The molecule has 5 nitrogen and oxygen atoms in total. The van der Waals surface area contributed by atoms with Crippen molar-refractivity contribution in [1.82, 2.24) is 5.16 Å². The predicted molar refractivity (Wildman–Crippen MR) is 86.4 cm³/mol. The minimum atomic E-state index is -0.222. The molecule has 5 heteroatoms. The summed E-state index contributed by atoms with van der Waals surface area (Å²) in [4.78, 5) is 12.4. The summed E-state index contributed by atoms with van der Waals surface area (Å²) in [6.45, 7) is 2.06. The van der Waals surface area contributed by atoms with Gasteiger partial charge in [-0.1, -0.05) is 35.5 Å². The molecule has 1 N–H and O–H groups in total. The number of carbonyl (C=O) groups is 1. The van der Waals surface area contributed by atoms with E-state index in [9.17, 15) is 4.79 Å². The van der Waals surface area contributed by atoms with Crippen molar-refractivity contribution in [3.8, 4) is 5.75 Å². The number of benzene rings is 2. The second kappa shape index (κ2) is 6.79. The first kappa shape index (κ1) is 14.8. The standard InChI is InChI=1S/C18H16N2O3/c1-13-11-15(23-20-13)12-22-17-10-6-5-9-16(17)18(21)19-14-7-3-2-4-8-14/h2-11H,12H2,1H3,(H,19,21). The number of carbonyl (C=O) groups excluding carboxylic acids is 1. The summed E-state index contributed by atoms with van der Waals surface area (Å²) < 4.78 is 10.8. The maximum atomic E-state index is 12.4. The zero-order chi connectivity index (χ0) is 16.1. The lowest BCUT2D eigenvalue weighted by Crippen LogP contribution is -2.13. The summed E-state index contributed by atoms with van der Waals surface area (Å²) in [7, 11) is 0. The van der Waals surface area contributed by atoms with Gasteiger partial charge in [-0.3, -0.25) is 4.79 Å². The Morgan fingerprint density at radius 1 is 1.13 bits per heavy atom. The maximum absolute atomic E-state index is 12.4. The summed E-state index contributed by atoms with van der Waals surface area (Å²) >= 11 is 0. The number of hydrogen-bond donors (Lipinski definition) is 1. The van der Waals surface area contributed by atoms with E-state index in [-0.39, 0.29) is 12.5 Å². The van der Waals surface area contributed by atoms with Gasteiger partial charge < -0.3 is 14.6 Å². The molecule has 1 heterocycles. The molecule has 0 aliphatic rings. The minimum Gasteiger partial charge on any atom is -0.485 e. The lowest BCUT2D eigenvalue weighted by Gasteiger charge is -2.10. The van der Waals surface area contributed by atoms with Crippen molar-refractivity contribution in [3.63, 3.8) is 0 Å². The van der Waals surface area contributed by atoms with E-state index in [0.717, 1.165) is 11.4 Å². The third-order valence-electron chi connectivity index (χ3n) is 3.21. The molecule has 1 amide bonds. The van der Waals surface area contributed by atoms with Gasteiger partial charge in [0.05, 0.1) is 11.3 Å². The molecule has 3 rings (SSSR count). The minimum absolute atomic E-state index is 0.219. The van der Waals surface area contributed by atoms with Crippen LogP contribution in [-0.2, 0) is 6.61 Å². The molecule has 0 saturated carbocycles. The average molecular weight is 308 g/mol. The number of hydrogen-bond acceptors (Lipinski definition) is 4. The van der Waals surface area contributed by atoms with Gasteiger partial charge in [0.2, 0.25) is 0 Å². The highest BCUT2D eigenvalue weighted by atomic mass is 16.5. The highest BCUT2D eigenvalue weighted by Crippen LogP contribution is 2.21. The zero-order valence-electron chi connectivity index (χ0n) is 12.7. The van der Waals surface area contributed by atoms with Crippen molar-refractivity contribution in [2.45, 2.75) is 13.5 Å². The number of aryl methyl sites for hydroxylation is 1. The van der Waals surface area contributed by atoms with Crippen LogP contribution in [0.1, 0.15) is 21.8 Å². The molecule has 0 aliphatic carbocycles. The molecule has 2 aromatic carbocycles. The van der Waals surface area contributed by atoms with Crippen LogP contribution >= 0.6 is 0 Å². The van der Waals surface area contributed by atoms with Gasteiger partial charge in [0.1, 0.15) is 12.4 Å². The fraction of sp³-hybridized carbons (Fsp3) is 0.111. The number of rotatable bonds is 5. The topological polar surface area (TPSA) is 64.4 Å². The summed E-state index contributed by atoms with van der Waals surface area (Å²) in [6, 6.07) is 18.2. The van der Waals surface area contributed by atoms with Crippen molar-refractivity contribution in [3.05, 3.63) is 77.7 Å². The van der Waals surface area contributed by atoms with Crippen molar-refractivity contribution in [2.24, 2.45) is 0 Å². The van der Waals surface area contributed by atoms with Gasteiger partial charge in [0.15, 0.2) is 5.76 Å². The van der Waals surface area contributed by atoms with E-state index in [1.165, 1.54) is 0 Å². The van der Waals surface area contributed by atoms with Crippen LogP contribution in [0.2, 0.25) is 0 Å². The van der Waals surface area contributed by atoms with Gasteiger partial charge in [-0.25, -0.2) is 0 Å². The van der Waals surface area contributed by atoms with Crippen LogP contribution in [0.3, 0.4) is 0 Å². The second-order valence-electron chi connectivity index (χ2n) is 5.04. The van der Waals surface area contributed by atoms with Gasteiger partial charge in [-0.15, -0.1) is 0 Å². The van der Waals surface area contributed by atoms with E-state index >= 15 is 0 Å². The second-order valence-corrected chi connectivity index (χ2v) is 5.04. The monoisotopic (exact) mass is 308 g/mol. The number of nitrogens with zero attached hydrogens (tertiary/aromatic N) is 1. The van der Waals surface area contributed by atoms with Gasteiger partial charge in [-0.05, 0) is 31.2 Å². The average Bonchev–Trinajstić information content (AvgIpc) is 2.99. The lowest BCUT2D eigenvalue weighted by atomic mass is 10.2. The van der Waals surface area contributed by atoms with E-state index in [0.29, 0.717) is 17.1 Å². The first-order chi connectivity index (χ1) is 11.2. The number of anilines is 1. The van der Waals surface area contributed by atoms with Crippen LogP contribution in [0.5, 0.6) is 5.75 Å². The van der Waals surface area contributed by atoms with Crippen LogP contribution in [0.25, 0.3) is 0 Å². The Balaban J connectivity index is 1.73. The fourth-order valence-corrected chi connectivity index (χ4v) is 2.13. The molecule has 0 spiro atoms. The normalized spacial score (nSPS) is 10.3. The molecular weight excluding hydrogens is 292 g/mol. The number of aromatic nitrogens is 1. The number of amides is 1. The molecule has 0 bridgehead atoms. The Morgan fingerprint density at radius 3 is 2.61 bits per heavy atom. The number of ether oxygens (including phenoxy) is 1. The van der Waals surface area contributed by atoms with Crippen molar-refractivity contribution < 1.29 is 14.1 Å². The fourth-order valence-electron chi connectivity index (χ4n) is 2.13. The Morgan fingerprint density at radius 2 is 1.87 bits per heavy atom. The van der Waals surface area contributed by atoms with Crippen LogP contribution < -0.4 is 10.1 Å². The highest BCUT2D eigenvalue weighted by Gasteiger charge is 2.13. The maximum Gasteiger partial charge on any atom is 0.259 e. The molecule has 3 aromatic rings. The first-order valence-corrected chi connectivity index (χ1v) is 7.23. The Kier molecular flexibility index (Phi) is 4.38.